The van der Waals surface area contributed by atoms with Crippen LogP contribution in [0.3, 0.4) is 0 Å². The van der Waals surface area contributed by atoms with E-state index < -0.39 is 0 Å². The zero-order valence-electron chi connectivity index (χ0n) is 18.7. The van der Waals surface area contributed by atoms with Crippen molar-refractivity contribution < 1.29 is 4.74 Å². The normalized spacial score (nSPS) is 21.4. The molecule has 170 valence electrons. The number of rotatable bonds is 5. The molecule has 4 aromatic rings. The summed E-state index contributed by atoms with van der Waals surface area (Å²) >= 11 is 0. The number of ether oxygens (including phenoxy) is 1. The highest BCUT2D eigenvalue weighted by molar-refractivity contribution is 5.95. The van der Waals surface area contributed by atoms with Crippen molar-refractivity contribution in [1.82, 2.24) is 34.8 Å². The lowest BCUT2D eigenvalue weighted by Gasteiger charge is -2.33. The number of piperazine rings is 1. The van der Waals surface area contributed by atoms with Crippen LogP contribution in [-0.4, -0.2) is 62.8 Å². The fourth-order valence-corrected chi connectivity index (χ4v) is 4.95. The molecular weight excluding hydrogens is 416 g/mol. The maximum atomic E-state index is 6.20. The number of nitrogen functional groups attached to an aromatic ring is 1. The van der Waals surface area contributed by atoms with E-state index in [1.54, 1.807) is 11.6 Å². The molecule has 2 fully saturated rings. The molecule has 1 aliphatic heterocycles. The van der Waals surface area contributed by atoms with E-state index in [-0.39, 0.29) is 0 Å². The molecule has 1 saturated carbocycles. The zero-order valence-corrected chi connectivity index (χ0v) is 18.7. The number of methoxy groups -OCH3 is 1. The first kappa shape index (κ1) is 20.3. The summed E-state index contributed by atoms with van der Waals surface area (Å²) in [5, 5.41) is 8.98. The van der Waals surface area contributed by atoms with Crippen LogP contribution < -0.4 is 15.8 Å². The van der Waals surface area contributed by atoms with E-state index >= 15 is 0 Å². The van der Waals surface area contributed by atoms with Gasteiger partial charge in [-0.15, -0.1) is 5.10 Å². The van der Waals surface area contributed by atoms with E-state index in [2.05, 4.69) is 27.3 Å². The number of nitrogens with two attached hydrogens (primary N) is 1. The average Bonchev–Trinajstić information content (AvgIpc) is 3.26. The van der Waals surface area contributed by atoms with Gasteiger partial charge in [-0.25, -0.2) is 9.97 Å². The molecule has 0 radical (unpaired) electrons. The number of aromatic nitrogens is 5. The highest BCUT2D eigenvalue weighted by Crippen LogP contribution is 2.46. The molecule has 6 rings (SSSR count). The van der Waals surface area contributed by atoms with E-state index in [9.17, 15) is 0 Å². The Hall–Kier alpha value is -3.30. The smallest absolute Gasteiger partial charge is 0.223 e. The summed E-state index contributed by atoms with van der Waals surface area (Å²) in [7, 11) is 1.63. The average molecular weight is 445 g/mol. The molecule has 0 atom stereocenters. The van der Waals surface area contributed by atoms with Crippen molar-refractivity contribution in [3.05, 3.63) is 53.6 Å². The minimum absolute atomic E-state index is 0.303. The van der Waals surface area contributed by atoms with Crippen molar-refractivity contribution in [2.24, 2.45) is 0 Å². The zero-order chi connectivity index (χ0) is 22.4. The summed E-state index contributed by atoms with van der Waals surface area (Å²) in [6, 6.07) is 10.2. The Morgan fingerprint density at radius 1 is 1.09 bits per heavy atom. The van der Waals surface area contributed by atoms with Crippen molar-refractivity contribution in [1.29, 1.82) is 0 Å². The van der Waals surface area contributed by atoms with Crippen molar-refractivity contribution >= 4 is 22.5 Å². The lowest BCUT2D eigenvalue weighted by atomic mass is 9.72. The molecule has 3 N–H and O–H groups in total. The number of hydrogen-bond acceptors (Lipinski definition) is 8. The Morgan fingerprint density at radius 3 is 2.70 bits per heavy atom. The van der Waals surface area contributed by atoms with Crippen LogP contribution in [0.15, 0.2) is 36.5 Å². The van der Waals surface area contributed by atoms with Crippen molar-refractivity contribution in [3.63, 3.8) is 0 Å². The van der Waals surface area contributed by atoms with E-state index in [0.29, 0.717) is 29.1 Å². The monoisotopic (exact) mass is 444 g/mol. The maximum Gasteiger partial charge on any atom is 0.223 e. The third-order valence-corrected chi connectivity index (χ3v) is 6.91. The van der Waals surface area contributed by atoms with Gasteiger partial charge in [0.2, 0.25) is 5.95 Å². The molecular formula is C24H28N8O. The molecule has 3 aromatic heterocycles. The quantitative estimate of drug-likeness (QED) is 0.483. The minimum Gasteiger partial charge on any atom is -0.494 e. The second-order valence-electron chi connectivity index (χ2n) is 9.01. The number of hydrogen-bond donors (Lipinski definition) is 2. The number of nitrogens with one attached hydrogen (secondary N) is 1. The van der Waals surface area contributed by atoms with Gasteiger partial charge in [0.05, 0.1) is 7.11 Å². The molecule has 1 saturated heterocycles. The Morgan fingerprint density at radius 2 is 1.94 bits per heavy atom. The lowest BCUT2D eigenvalue weighted by molar-refractivity contribution is 0.233. The Kier molecular flexibility index (Phi) is 5.07. The number of anilines is 1. The molecule has 1 aliphatic carbocycles. The Labute approximate surface area is 192 Å². The van der Waals surface area contributed by atoms with Gasteiger partial charge in [0.15, 0.2) is 11.5 Å². The molecule has 33 heavy (non-hydrogen) atoms. The third kappa shape index (κ3) is 3.67. The Bertz CT molecular complexity index is 1290. The molecule has 9 nitrogen and oxygen atoms in total. The van der Waals surface area contributed by atoms with E-state index in [1.165, 1.54) is 5.56 Å². The number of nitrogens with zero attached hydrogens (tertiary/aromatic N) is 6. The molecule has 0 spiro atoms. The molecule has 0 unspecified atom stereocenters. The predicted octanol–water partition coefficient (Wildman–Crippen LogP) is 2.33. The summed E-state index contributed by atoms with van der Waals surface area (Å²) in [4.78, 5) is 16.6. The first-order chi connectivity index (χ1) is 16.2. The van der Waals surface area contributed by atoms with E-state index in [1.807, 2.05) is 24.4 Å². The highest BCUT2D eigenvalue weighted by atomic mass is 16.5. The van der Waals surface area contributed by atoms with Gasteiger partial charge in [0, 0.05) is 61.8 Å². The molecule has 0 bridgehead atoms. The molecule has 9 heteroatoms. The molecule has 2 aliphatic rings. The summed E-state index contributed by atoms with van der Waals surface area (Å²) in [5.41, 5.74) is 10.1. The van der Waals surface area contributed by atoms with Gasteiger partial charge in [-0.2, -0.15) is 4.52 Å². The summed E-state index contributed by atoms with van der Waals surface area (Å²) < 4.78 is 7.09. The third-order valence-electron chi connectivity index (χ3n) is 6.91. The number of pyridine rings is 1. The van der Waals surface area contributed by atoms with Gasteiger partial charge in [-0.1, -0.05) is 12.1 Å². The van der Waals surface area contributed by atoms with Crippen molar-refractivity contribution in [2.75, 3.05) is 39.0 Å². The first-order valence-corrected chi connectivity index (χ1v) is 11.6. The number of para-hydroxylation sites is 1. The standard InChI is InChI=1S/C24H28N8O/c1-33-20-4-2-3-18-21(20)28-24(25)32-23(18)29-22(30-32)17-11-16(12-17)19-6-5-15(13-27-19)14-31-9-7-26-8-10-31/h2-6,13,16-17,26H,7-12,14H2,1H3,(H2,25,28). The second-order valence-corrected chi connectivity index (χ2v) is 9.01. The van der Waals surface area contributed by atoms with Gasteiger partial charge >= 0.3 is 0 Å². The number of fused-ring (bicyclic) bond motifs is 3. The summed E-state index contributed by atoms with van der Waals surface area (Å²) in [5.74, 6) is 2.57. The Balaban J connectivity index is 1.18. The topological polar surface area (TPSA) is 106 Å². The van der Waals surface area contributed by atoms with Crippen LogP contribution in [0.2, 0.25) is 0 Å². The maximum absolute atomic E-state index is 6.20. The lowest BCUT2D eigenvalue weighted by Crippen LogP contribution is -2.42. The SMILES string of the molecule is COc1cccc2c1nc(N)n1nc(C3CC(c4ccc(CN5CCNCC5)cn4)C3)nc21. The van der Waals surface area contributed by atoms with Crippen molar-refractivity contribution in [2.45, 2.75) is 31.2 Å². The van der Waals surface area contributed by atoms with Crippen LogP contribution in [0.1, 0.15) is 41.8 Å². The second kappa shape index (κ2) is 8.24. The van der Waals surface area contributed by atoms with E-state index in [4.69, 9.17) is 25.5 Å². The van der Waals surface area contributed by atoms with Crippen LogP contribution in [-0.2, 0) is 6.54 Å². The largest absolute Gasteiger partial charge is 0.494 e. The summed E-state index contributed by atoms with van der Waals surface area (Å²) in [6.07, 6.45) is 4.03. The van der Waals surface area contributed by atoms with Crippen LogP contribution in [0.25, 0.3) is 16.6 Å². The first-order valence-electron chi connectivity index (χ1n) is 11.6. The molecule has 1 aromatic carbocycles. The van der Waals surface area contributed by atoms with E-state index in [0.717, 1.165) is 68.1 Å². The van der Waals surface area contributed by atoms with Gasteiger partial charge < -0.3 is 15.8 Å². The van der Waals surface area contributed by atoms with Crippen LogP contribution in [0.4, 0.5) is 5.95 Å². The summed E-state index contributed by atoms with van der Waals surface area (Å²) in [6.45, 7) is 5.30. The number of benzene rings is 1. The van der Waals surface area contributed by atoms with Crippen LogP contribution in [0, 0.1) is 0 Å². The highest BCUT2D eigenvalue weighted by Gasteiger charge is 2.35. The van der Waals surface area contributed by atoms with Crippen LogP contribution >= 0.6 is 0 Å². The van der Waals surface area contributed by atoms with Crippen molar-refractivity contribution in [3.8, 4) is 5.75 Å². The van der Waals surface area contributed by atoms with Gasteiger partial charge in [-0.3, -0.25) is 9.88 Å². The van der Waals surface area contributed by atoms with Gasteiger partial charge in [0.1, 0.15) is 11.3 Å². The molecule has 0 amide bonds. The van der Waals surface area contributed by atoms with Crippen LogP contribution in [0.5, 0.6) is 5.75 Å². The van der Waals surface area contributed by atoms with Gasteiger partial charge in [-0.05, 0) is 36.6 Å². The minimum atomic E-state index is 0.303. The fourth-order valence-electron chi connectivity index (χ4n) is 4.95. The fraction of sp³-hybridized carbons (Fsp3) is 0.417. The van der Waals surface area contributed by atoms with Gasteiger partial charge in [0.25, 0.3) is 0 Å². The molecule has 4 heterocycles. The predicted molar refractivity (Wildman–Crippen MR) is 126 cm³/mol.